The Morgan fingerprint density at radius 1 is 1.32 bits per heavy atom. The van der Waals surface area contributed by atoms with Crippen LogP contribution in [0.5, 0.6) is 0 Å². The van der Waals surface area contributed by atoms with Crippen molar-refractivity contribution in [1.82, 2.24) is 9.78 Å². The second-order valence-electron chi connectivity index (χ2n) is 4.88. The van der Waals surface area contributed by atoms with E-state index in [1.54, 1.807) is 4.68 Å². The van der Waals surface area contributed by atoms with Gasteiger partial charge in [0.2, 0.25) is 0 Å². The van der Waals surface area contributed by atoms with Crippen LogP contribution in [0.3, 0.4) is 0 Å². The lowest BCUT2D eigenvalue weighted by molar-refractivity contribution is 0.717. The van der Waals surface area contributed by atoms with Gasteiger partial charge in [-0.05, 0) is 30.9 Å². The third-order valence-electron chi connectivity index (χ3n) is 3.51. The highest BCUT2D eigenvalue weighted by molar-refractivity contribution is 6.30. The molecule has 0 spiro atoms. The smallest absolute Gasteiger partial charge is 0.130 e. The van der Waals surface area contributed by atoms with Crippen molar-refractivity contribution in [2.24, 2.45) is 12.8 Å². The first-order valence-corrected chi connectivity index (χ1v) is 6.93. The molecule has 2 aromatic rings. The number of aryl methyl sites for hydroxylation is 3. The SMILES string of the molecule is CCc1ccc(C(N)Cc2c(C)nn(C)c2Cl)cc1. The van der Waals surface area contributed by atoms with E-state index in [1.807, 2.05) is 14.0 Å². The number of nitrogens with two attached hydrogens (primary N) is 1. The Morgan fingerprint density at radius 2 is 1.95 bits per heavy atom. The first-order valence-electron chi connectivity index (χ1n) is 6.55. The standard InChI is InChI=1S/C15H20ClN3/c1-4-11-5-7-12(8-6-11)14(17)9-13-10(2)18-19(3)15(13)16/h5-8,14H,4,9,17H2,1-3H3. The van der Waals surface area contributed by atoms with Crippen molar-refractivity contribution < 1.29 is 0 Å². The Morgan fingerprint density at radius 3 is 2.42 bits per heavy atom. The summed E-state index contributed by atoms with van der Waals surface area (Å²) >= 11 is 6.24. The van der Waals surface area contributed by atoms with E-state index in [9.17, 15) is 0 Å². The molecule has 1 aromatic heterocycles. The van der Waals surface area contributed by atoms with Crippen molar-refractivity contribution in [2.75, 3.05) is 0 Å². The van der Waals surface area contributed by atoms with Crippen LogP contribution in [0, 0.1) is 6.92 Å². The van der Waals surface area contributed by atoms with Gasteiger partial charge in [-0.1, -0.05) is 42.8 Å². The number of rotatable bonds is 4. The molecule has 1 aromatic carbocycles. The summed E-state index contributed by atoms with van der Waals surface area (Å²) in [5.41, 5.74) is 10.7. The summed E-state index contributed by atoms with van der Waals surface area (Å²) in [4.78, 5) is 0. The molecular weight excluding hydrogens is 258 g/mol. The maximum Gasteiger partial charge on any atom is 0.130 e. The average Bonchev–Trinajstić information content (AvgIpc) is 2.65. The molecule has 0 aliphatic carbocycles. The summed E-state index contributed by atoms with van der Waals surface area (Å²) in [6.45, 7) is 4.11. The van der Waals surface area contributed by atoms with Gasteiger partial charge in [-0.15, -0.1) is 0 Å². The van der Waals surface area contributed by atoms with Crippen LogP contribution in [0.4, 0.5) is 0 Å². The highest BCUT2D eigenvalue weighted by atomic mass is 35.5. The van der Waals surface area contributed by atoms with E-state index in [2.05, 4.69) is 36.3 Å². The molecule has 3 nitrogen and oxygen atoms in total. The van der Waals surface area contributed by atoms with Gasteiger partial charge in [0.05, 0.1) is 5.69 Å². The van der Waals surface area contributed by atoms with Crippen LogP contribution >= 0.6 is 11.6 Å². The van der Waals surface area contributed by atoms with E-state index in [0.717, 1.165) is 23.2 Å². The zero-order chi connectivity index (χ0) is 14.0. The van der Waals surface area contributed by atoms with Crippen molar-refractivity contribution >= 4 is 11.6 Å². The highest BCUT2D eigenvalue weighted by Gasteiger charge is 2.15. The number of aromatic nitrogens is 2. The van der Waals surface area contributed by atoms with Gasteiger partial charge in [-0.25, -0.2) is 0 Å². The molecule has 102 valence electrons. The van der Waals surface area contributed by atoms with E-state index in [4.69, 9.17) is 17.3 Å². The van der Waals surface area contributed by atoms with Gasteiger partial charge in [0.25, 0.3) is 0 Å². The van der Waals surface area contributed by atoms with Crippen molar-refractivity contribution in [2.45, 2.75) is 32.7 Å². The van der Waals surface area contributed by atoms with Crippen molar-refractivity contribution in [1.29, 1.82) is 0 Å². The van der Waals surface area contributed by atoms with Crippen LogP contribution in [0.2, 0.25) is 5.15 Å². The van der Waals surface area contributed by atoms with Crippen LogP contribution in [0.1, 0.15) is 35.3 Å². The van der Waals surface area contributed by atoms with Crippen LogP contribution in [0.25, 0.3) is 0 Å². The minimum Gasteiger partial charge on any atom is -0.324 e. The molecule has 0 radical (unpaired) electrons. The van der Waals surface area contributed by atoms with Gasteiger partial charge in [-0.2, -0.15) is 5.10 Å². The molecular formula is C15H20ClN3. The molecule has 0 saturated heterocycles. The highest BCUT2D eigenvalue weighted by Crippen LogP contribution is 2.24. The maximum absolute atomic E-state index is 6.27. The van der Waals surface area contributed by atoms with Crippen LogP contribution in [-0.4, -0.2) is 9.78 Å². The molecule has 4 heteroatoms. The molecule has 0 amide bonds. The third kappa shape index (κ3) is 2.99. The number of hydrogen-bond acceptors (Lipinski definition) is 2. The van der Waals surface area contributed by atoms with E-state index < -0.39 is 0 Å². The summed E-state index contributed by atoms with van der Waals surface area (Å²) in [7, 11) is 1.85. The van der Waals surface area contributed by atoms with Gasteiger partial charge in [0.15, 0.2) is 0 Å². The molecule has 19 heavy (non-hydrogen) atoms. The van der Waals surface area contributed by atoms with Crippen LogP contribution in [-0.2, 0) is 19.9 Å². The lowest BCUT2D eigenvalue weighted by atomic mass is 9.99. The average molecular weight is 278 g/mol. The lowest BCUT2D eigenvalue weighted by Gasteiger charge is -2.12. The topological polar surface area (TPSA) is 43.8 Å². The van der Waals surface area contributed by atoms with Gasteiger partial charge in [0, 0.05) is 18.7 Å². The second kappa shape index (κ2) is 5.76. The van der Waals surface area contributed by atoms with Gasteiger partial charge in [0.1, 0.15) is 5.15 Å². The Hall–Kier alpha value is -1.32. The lowest BCUT2D eigenvalue weighted by Crippen LogP contribution is -2.14. The van der Waals surface area contributed by atoms with E-state index in [1.165, 1.54) is 5.56 Å². The van der Waals surface area contributed by atoms with Gasteiger partial charge in [-0.3, -0.25) is 4.68 Å². The van der Waals surface area contributed by atoms with E-state index in [0.29, 0.717) is 11.6 Å². The van der Waals surface area contributed by atoms with Crippen LogP contribution < -0.4 is 5.73 Å². The van der Waals surface area contributed by atoms with Gasteiger partial charge < -0.3 is 5.73 Å². The Labute approximate surface area is 119 Å². The fraction of sp³-hybridized carbons (Fsp3) is 0.400. The molecule has 0 aliphatic rings. The van der Waals surface area contributed by atoms with E-state index in [-0.39, 0.29) is 6.04 Å². The fourth-order valence-electron chi connectivity index (χ4n) is 2.24. The predicted octanol–water partition coefficient (Wildman–Crippen LogP) is 3.19. The van der Waals surface area contributed by atoms with Crippen molar-refractivity contribution in [3.63, 3.8) is 0 Å². The van der Waals surface area contributed by atoms with Crippen LogP contribution in [0.15, 0.2) is 24.3 Å². The summed E-state index contributed by atoms with van der Waals surface area (Å²) in [5, 5.41) is 4.99. The minimum atomic E-state index is -0.0497. The predicted molar refractivity (Wildman–Crippen MR) is 79.4 cm³/mol. The van der Waals surface area contributed by atoms with Crippen molar-refractivity contribution in [3.05, 3.63) is 51.8 Å². The Kier molecular flexibility index (Phi) is 4.27. The molecule has 0 saturated carbocycles. The molecule has 1 atom stereocenters. The molecule has 0 bridgehead atoms. The van der Waals surface area contributed by atoms with Crippen molar-refractivity contribution in [3.8, 4) is 0 Å². The molecule has 0 fully saturated rings. The molecule has 2 rings (SSSR count). The molecule has 1 unspecified atom stereocenters. The third-order valence-corrected chi connectivity index (χ3v) is 3.98. The summed E-state index contributed by atoms with van der Waals surface area (Å²) < 4.78 is 1.69. The quantitative estimate of drug-likeness (QED) is 0.933. The number of nitrogens with zero attached hydrogens (tertiary/aromatic N) is 2. The summed E-state index contributed by atoms with van der Waals surface area (Å²) in [6.07, 6.45) is 1.76. The Balaban J connectivity index is 2.17. The molecule has 1 heterocycles. The zero-order valence-corrected chi connectivity index (χ0v) is 12.4. The summed E-state index contributed by atoms with van der Waals surface area (Å²) in [6, 6.07) is 8.41. The molecule has 0 aliphatic heterocycles. The second-order valence-corrected chi connectivity index (χ2v) is 5.24. The number of benzene rings is 1. The first kappa shape index (κ1) is 14.1. The fourth-order valence-corrected chi connectivity index (χ4v) is 2.50. The largest absolute Gasteiger partial charge is 0.324 e. The number of hydrogen-bond donors (Lipinski definition) is 1. The number of halogens is 1. The summed E-state index contributed by atoms with van der Waals surface area (Å²) in [5.74, 6) is 0. The van der Waals surface area contributed by atoms with E-state index >= 15 is 0 Å². The monoisotopic (exact) mass is 277 g/mol. The molecule has 2 N–H and O–H groups in total. The zero-order valence-electron chi connectivity index (χ0n) is 11.7. The Bertz CT molecular complexity index is 558. The normalized spacial score (nSPS) is 12.7. The first-order chi connectivity index (χ1) is 9.02. The minimum absolute atomic E-state index is 0.0497. The maximum atomic E-state index is 6.27. The van der Waals surface area contributed by atoms with Gasteiger partial charge >= 0.3 is 0 Å².